The minimum atomic E-state index is 0.955. The molecule has 0 aromatic rings. The maximum atomic E-state index is 3.86. The van der Waals surface area contributed by atoms with E-state index in [1.807, 2.05) is 0 Å². The van der Waals surface area contributed by atoms with E-state index < -0.39 is 0 Å². The Kier molecular flexibility index (Phi) is 13.4. The monoisotopic (exact) mass is 211 g/mol. The average molecular weight is 211 g/mol. The van der Waals surface area contributed by atoms with Crippen molar-refractivity contribution >= 4 is 6.72 Å². The van der Waals surface area contributed by atoms with Crippen LogP contribution in [-0.4, -0.2) is 13.3 Å². The van der Waals surface area contributed by atoms with Gasteiger partial charge in [-0.25, -0.2) is 0 Å². The van der Waals surface area contributed by atoms with Gasteiger partial charge in [0.15, 0.2) is 0 Å². The molecule has 0 heterocycles. The van der Waals surface area contributed by atoms with Crippen molar-refractivity contribution in [1.82, 2.24) is 0 Å². The zero-order valence-corrected chi connectivity index (χ0v) is 10.6. The van der Waals surface area contributed by atoms with Crippen molar-refractivity contribution in [3.05, 3.63) is 0 Å². The van der Waals surface area contributed by atoms with E-state index in [4.69, 9.17) is 0 Å². The highest BCUT2D eigenvalue weighted by molar-refractivity contribution is 5.22. The van der Waals surface area contributed by atoms with E-state index >= 15 is 0 Å². The lowest BCUT2D eigenvalue weighted by molar-refractivity contribution is 0.551. The molecule has 1 heteroatoms. The first kappa shape index (κ1) is 14.7. The number of unbranched alkanes of at least 4 members (excludes halogenated alkanes) is 10. The smallest absolute Gasteiger partial charge is 0.0382 e. The molecular formula is C14H29N. The third kappa shape index (κ3) is 13.7. The van der Waals surface area contributed by atoms with Crippen LogP contribution in [-0.2, 0) is 0 Å². The largest absolute Gasteiger partial charge is 0.301 e. The average Bonchev–Trinajstić information content (AvgIpc) is 2.26. The lowest BCUT2D eigenvalue weighted by Crippen LogP contribution is -1.83. The Bertz CT molecular complexity index is 121. The van der Waals surface area contributed by atoms with Crippen LogP contribution in [0.2, 0.25) is 0 Å². The number of hydrogen-bond acceptors (Lipinski definition) is 1. The Labute approximate surface area is 96.4 Å². The number of rotatable bonds is 12. The lowest BCUT2D eigenvalue weighted by Gasteiger charge is -2.01. The van der Waals surface area contributed by atoms with Crippen molar-refractivity contribution < 1.29 is 0 Å². The fourth-order valence-electron chi connectivity index (χ4n) is 1.89. The third-order valence-corrected chi connectivity index (χ3v) is 2.92. The molecule has 90 valence electrons. The second-order valence-corrected chi connectivity index (χ2v) is 4.48. The molecule has 0 fully saturated rings. The second-order valence-electron chi connectivity index (χ2n) is 4.48. The van der Waals surface area contributed by atoms with Crippen LogP contribution in [0.1, 0.15) is 77.6 Å². The van der Waals surface area contributed by atoms with Crippen LogP contribution in [0.3, 0.4) is 0 Å². The van der Waals surface area contributed by atoms with Crippen LogP contribution in [0.5, 0.6) is 0 Å². The van der Waals surface area contributed by atoms with Gasteiger partial charge in [0.1, 0.15) is 0 Å². The molecule has 0 saturated carbocycles. The molecule has 0 unspecified atom stereocenters. The SMILES string of the molecule is C=NCCCCCCCCCCCCC. The van der Waals surface area contributed by atoms with Crippen LogP contribution in [0.4, 0.5) is 0 Å². The second kappa shape index (κ2) is 13.7. The Morgan fingerprint density at radius 3 is 1.47 bits per heavy atom. The number of aliphatic imine (C=N–C) groups is 1. The van der Waals surface area contributed by atoms with Crippen molar-refractivity contribution in [2.24, 2.45) is 4.99 Å². The molecule has 0 bridgehead atoms. The van der Waals surface area contributed by atoms with E-state index in [9.17, 15) is 0 Å². The summed E-state index contributed by atoms with van der Waals surface area (Å²) in [4.78, 5) is 3.86. The van der Waals surface area contributed by atoms with Gasteiger partial charge >= 0.3 is 0 Å². The molecule has 1 nitrogen and oxygen atoms in total. The summed E-state index contributed by atoms with van der Waals surface area (Å²) < 4.78 is 0. The summed E-state index contributed by atoms with van der Waals surface area (Å²) in [6.07, 6.45) is 15.4. The van der Waals surface area contributed by atoms with Gasteiger partial charge in [0, 0.05) is 6.54 Å². The topological polar surface area (TPSA) is 12.4 Å². The number of nitrogens with zero attached hydrogens (tertiary/aromatic N) is 1. The minimum Gasteiger partial charge on any atom is -0.301 e. The Morgan fingerprint density at radius 2 is 1.07 bits per heavy atom. The van der Waals surface area contributed by atoms with Crippen molar-refractivity contribution in [1.29, 1.82) is 0 Å². The first-order valence-corrected chi connectivity index (χ1v) is 6.84. The van der Waals surface area contributed by atoms with Gasteiger partial charge in [-0.05, 0) is 13.1 Å². The molecule has 0 radical (unpaired) electrons. The number of hydrogen-bond donors (Lipinski definition) is 0. The molecule has 0 spiro atoms. The predicted octanol–water partition coefficient (Wildman–Crippen LogP) is 5.00. The molecule has 0 aromatic carbocycles. The normalized spacial score (nSPS) is 10.5. The molecule has 0 aliphatic carbocycles. The van der Waals surface area contributed by atoms with Crippen molar-refractivity contribution in [2.75, 3.05) is 6.54 Å². The quantitative estimate of drug-likeness (QED) is 0.318. The van der Waals surface area contributed by atoms with Crippen LogP contribution in [0.25, 0.3) is 0 Å². The van der Waals surface area contributed by atoms with Crippen LogP contribution >= 0.6 is 0 Å². The van der Waals surface area contributed by atoms with E-state index in [2.05, 4.69) is 18.6 Å². The summed E-state index contributed by atoms with van der Waals surface area (Å²) >= 11 is 0. The lowest BCUT2D eigenvalue weighted by atomic mass is 10.1. The van der Waals surface area contributed by atoms with Crippen LogP contribution < -0.4 is 0 Å². The highest BCUT2D eigenvalue weighted by atomic mass is 14.7. The molecule has 0 aliphatic heterocycles. The van der Waals surface area contributed by atoms with Crippen molar-refractivity contribution in [3.8, 4) is 0 Å². The van der Waals surface area contributed by atoms with E-state index in [0.717, 1.165) is 6.54 Å². The third-order valence-electron chi connectivity index (χ3n) is 2.92. The molecular weight excluding hydrogens is 182 g/mol. The summed E-state index contributed by atoms with van der Waals surface area (Å²) in [6.45, 7) is 6.72. The molecule has 0 aliphatic rings. The summed E-state index contributed by atoms with van der Waals surface area (Å²) in [6, 6.07) is 0. The van der Waals surface area contributed by atoms with Gasteiger partial charge in [-0.2, -0.15) is 0 Å². The molecule has 0 rings (SSSR count). The highest BCUT2D eigenvalue weighted by Gasteiger charge is 1.92. The van der Waals surface area contributed by atoms with Gasteiger partial charge in [0.05, 0.1) is 0 Å². The molecule has 0 aromatic heterocycles. The maximum absolute atomic E-state index is 3.86. The Balaban J connectivity index is 2.83. The molecule has 0 N–H and O–H groups in total. The highest BCUT2D eigenvalue weighted by Crippen LogP contribution is 2.11. The van der Waals surface area contributed by atoms with Gasteiger partial charge in [-0.1, -0.05) is 71.1 Å². The van der Waals surface area contributed by atoms with E-state index in [1.165, 1.54) is 70.6 Å². The first-order valence-electron chi connectivity index (χ1n) is 6.84. The van der Waals surface area contributed by atoms with Gasteiger partial charge in [-0.3, -0.25) is 0 Å². The van der Waals surface area contributed by atoms with Gasteiger partial charge in [0.25, 0.3) is 0 Å². The van der Waals surface area contributed by atoms with Gasteiger partial charge < -0.3 is 4.99 Å². The van der Waals surface area contributed by atoms with E-state index in [0.29, 0.717) is 0 Å². The Hall–Kier alpha value is -0.330. The molecule has 0 atom stereocenters. The summed E-state index contributed by atoms with van der Waals surface area (Å²) in [5.74, 6) is 0. The minimum absolute atomic E-state index is 0.955. The van der Waals surface area contributed by atoms with Crippen LogP contribution in [0, 0.1) is 0 Å². The van der Waals surface area contributed by atoms with Gasteiger partial charge in [0.2, 0.25) is 0 Å². The fraction of sp³-hybridized carbons (Fsp3) is 0.929. The van der Waals surface area contributed by atoms with Gasteiger partial charge in [-0.15, -0.1) is 0 Å². The molecule has 0 saturated heterocycles. The molecule has 15 heavy (non-hydrogen) atoms. The fourth-order valence-corrected chi connectivity index (χ4v) is 1.89. The zero-order chi connectivity index (χ0) is 11.2. The maximum Gasteiger partial charge on any atom is 0.0382 e. The van der Waals surface area contributed by atoms with E-state index in [-0.39, 0.29) is 0 Å². The summed E-state index contributed by atoms with van der Waals surface area (Å²) in [7, 11) is 0. The van der Waals surface area contributed by atoms with E-state index in [1.54, 1.807) is 0 Å². The first-order chi connectivity index (χ1) is 7.41. The summed E-state index contributed by atoms with van der Waals surface area (Å²) in [5, 5.41) is 0. The zero-order valence-electron chi connectivity index (χ0n) is 10.6. The Morgan fingerprint density at radius 1 is 0.667 bits per heavy atom. The molecule has 0 amide bonds. The van der Waals surface area contributed by atoms with Crippen molar-refractivity contribution in [2.45, 2.75) is 77.6 Å². The standard InChI is InChI=1S/C14H29N/c1-3-4-5-6-7-8-9-10-11-12-13-14-15-2/h2-14H2,1H3. The predicted molar refractivity (Wildman–Crippen MR) is 70.9 cm³/mol. The summed E-state index contributed by atoms with van der Waals surface area (Å²) in [5.41, 5.74) is 0. The van der Waals surface area contributed by atoms with Crippen molar-refractivity contribution in [3.63, 3.8) is 0 Å². The van der Waals surface area contributed by atoms with Crippen LogP contribution in [0.15, 0.2) is 4.99 Å².